The Bertz CT molecular complexity index is 297. The van der Waals surface area contributed by atoms with Crippen LogP contribution in [0.5, 0.6) is 0 Å². The molecular weight excluding hydrogens is 194 g/mol. The summed E-state index contributed by atoms with van der Waals surface area (Å²) in [5.41, 5.74) is 0. The number of nitrogens with one attached hydrogen (secondary N) is 1. The molecule has 0 saturated heterocycles. The Morgan fingerprint density at radius 1 is 1.53 bits per heavy atom. The standard InChI is InChI=1S/C10H17N3O2/c1-2-14-6-5-10-12-9(13-15-10)7-11-8-3-4-8/h8,11H,2-7H2,1H3. The molecule has 0 radical (unpaired) electrons. The van der Waals surface area contributed by atoms with Crippen molar-refractivity contribution in [3.05, 3.63) is 11.7 Å². The molecule has 5 heteroatoms. The van der Waals surface area contributed by atoms with Gasteiger partial charge in [0.15, 0.2) is 5.82 Å². The van der Waals surface area contributed by atoms with E-state index < -0.39 is 0 Å². The number of hydrogen-bond acceptors (Lipinski definition) is 5. The van der Waals surface area contributed by atoms with Gasteiger partial charge in [-0.05, 0) is 19.8 Å². The first-order valence-corrected chi connectivity index (χ1v) is 5.51. The van der Waals surface area contributed by atoms with Crippen molar-refractivity contribution in [2.75, 3.05) is 13.2 Å². The summed E-state index contributed by atoms with van der Waals surface area (Å²) in [6.45, 7) is 4.06. The maximum atomic E-state index is 5.21. The first-order chi connectivity index (χ1) is 7.38. The SMILES string of the molecule is CCOCCc1nc(CNC2CC2)no1. The summed E-state index contributed by atoms with van der Waals surface area (Å²) < 4.78 is 10.3. The predicted molar refractivity (Wildman–Crippen MR) is 54.4 cm³/mol. The highest BCUT2D eigenvalue weighted by molar-refractivity contribution is 4.89. The van der Waals surface area contributed by atoms with Gasteiger partial charge >= 0.3 is 0 Å². The zero-order chi connectivity index (χ0) is 10.5. The molecule has 1 fully saturated rings. The van der Waals surface area contributed by atoms with Crippen molar-refractivity contribution in [3.8, 4) is 0 Å². The number of hydrogen-bond donors (Lipinski definition) is 1. The minimum absolute atomic E-state index is 0.647. The van der Waals surface area contributed by atoms with Gasteiger partial charge in [-0.15, -0.1) is 0 Å². The molecule has 0 aliphatic heterocycles. The summed E-state index contributed by atoms with van der Waals surface area (Å²) in [7, 11) is 0. The molecule has 1 heterocycles. The van der Waals surface area contributed by atoms with Crippen LogP contribution < -0.4 is 5.32 Å². The molecular formula is C10H17N3O2. The fourth-order valence-corrected chi connectivity index (χ4v) is 1.29. The molecule has 0 amide bonds. The average Bonchev–Trinajstić information content (AvgIpc) is 2.97. The highest BCUT2D eigenvalue weighted by atomic mass is 16.5. The van der Waals surface area contributed by atoms with Crippen LogP contribution in [0.25, 0.3) is 0 Å². The van der Waals surface area contributed by atoms with Crippen LogP contribution in [0.2, 0.25) is 0 Å². The number of ether oxygens (including phenoxy) is 1. The van der Waals surface area contributed by atoms with E-state index in [0.29, 0.717) is 31.5 Å². The first kappa shape index (κ1) is 10.6. The van der Waals surface area contributed by atoms with Gasteiger partial charge in [0.05, 0.1) is 19.6 Å². The number of aromatic nitrogens is 2. The lowest BCUT2D eigenvalue weighted by molar-refractivity contribution is 0.144. The van der Waals surface area contributed by atoms with E-state index in [0.717, 1.165) is 12.4 Å². The molecule has 0 bridgehead atoms. The van der Waals surface area contributed by atoms with Crippen molar-refractivity contribution in [3.63, 3.8) is 0 Å². The van der Waals surface area contributed by atoms with Gasteiger partial charge < -0.3 is 14.6 Å². The van der Waals surface area contributed by atoms with Gasteiger partial charge in [0, 0.05) is 12.6 Å². The Hall–Kier alpha value is -0.940. The Kier molecular flexibility index (Phi) is 3.69. The van der Waals surface area contributed by atoms with Gasteiger partial charge in [-0.25, -0.2) is 0 Å². The van der Waals surface area contributed by atoms with E-state index in [1.807, 2.05) is 6.92 Å². The third kappa shape index (κ3) is 3.60. The number of rotatable bonds is 7. The maximum Gasteiger partial charge on any atom is 0.229 e. The van der Waals surface area contributed by atoms with E-state index in [9.17, 15) is 0 Å². The average molecular weight is 211 g/mol. The van der Waals surface area contributed by atoms with Crippen LogP contribution in [0.4, 0.5) is 0 Å². The summed E-state index contributed by atoms with van der Waals surface area (Å²) in [5.74, 6) is 1.41. The molecule has 84 valence electrons. The molecule has 1 aromatic heterocycles. The van der Waals surface area contributed by atoms with Crippen molar-refractivity contribution in [2.45, 2.75) is 38.8 Å². The van der Waals surface area contributed by atoms with Crippen LogP contribution in [-0.4, -0.2) is 29.4 Å². The van der Waals surface area contributed by atoms with E-state index in [1.165, 1.54) is 12.8 Å². The smallest absolute Gasteiger partial charge is 0.229 e. The van der Waals surface area contributed by atoms with Gasteiger partial charge in [-0.3, -0.25) is 0 Å². The molecule has 15 heavy (non-hydrogen) atoms. The van der Waals surface area contributed by atoms with Crippen molar-refractivity contribution in [1.82, 2.24) is 15.5 Å². The summed E-state index contributed by atoms with van der Waals surface area (Å²) >= 11 is 0. The summed E-state index contributed by atoms with van der Waals surface area (Å²) in [5, 5.41) is 7.23. The predicted octanol–water partition coefficient (Wildman–Crippen LogP) is 0.901. The van der Waals surface area contributed by atoms with Crippen LogP contribution in [0.3, 0.4) is 0 Å². The third-order valence-corrected chi connectivity index (χ3v) is 2.30. The van der Waals surface area contributed by atoms with Crippen LogP contribution in [-0.2, 0) is 17.7 Å². The van der Waals surface area contributed by atoms with Gasteiger partial charge in [-0.2, -0.15) is 4.98 Å². The van der Waals surface area contributed by atoms with Crippen LogP contribution in [0.1, 0.15) is 31.5 Å². The zero-order valence-electron chi connectivity index (χ0n) is 9.03. The largest absolute Gasteiger partial charge is 0.381 e. The Morgan fingerprint density at radius 3 is 3.13 bits per heavy atom. The van der Waals surface area contributed by atoms with Gasteiger partial charge in [0.1, 0.15) is 0 Å². The quantitative estimate of drug-likeness (QED) is 0.679. The molecule has 1 aliphatic carbocycles. The zero-order valence-corrected chi connectivity index (χ0v) is 9.03. The van der Waals surface area contributed by atoms with Crippen molar-refractivity contribution in [2.24, 2.45) is 0 Å². The fraction of sp³-hybridized carbons (Fsp3) is 0.800. The minimum atomic E-state index is 0.647. The monoisotopic (exact) mass is 211 g/mol. The van der Waals surface area contributed by atoms with Crippen molar-refractivity contribution < 1.29 is 9.26 Å². The highest BCUT2D eigenvalue weighted by Crippen LogP contribution is 2.18. The maximum absolute atomic E-state index is 5.21. The van der Waals surface area contributed by atoms with Gasteiger partial charge in [0.2, 0.25) is 5.89 Å². The Morgan fingerprint density at radius 2 is 2.40 bits per heavy atom. The van der Waals surface area contributed by atoms with E-state index in [4.69, 9.17) is 9.26 Å². The molecule has 5 nitrogen and oxygen atoms in total. The third-order valence-electron chi connectivity index (χ3n) is 2.30. The normalized spacial score (nSPS) is 15.8. The fourth-order valence-electron chi connectivity index (χ4n) is 1.29. The van der Waals surface area contributed by atoms with E-state index in [-0.39, 0.29) is 0 Å². The molecule has 0 aromatic carbocycles. The van der Waals surface area contributed by atoms with Crippen molar-refractivity contribution in [1.29, 1.82) is 0 Å². The Balaban J connectivity index is 1.70. The second-order valence-corrected chi connectivity index (χ2v) is 3.71. The molecule has 2 rings (SSSR count). The summed E-state index contributed by atoms with van der Waals surface area (Å²) in [6.07, 6.45) is 3.24. The molecule has 0 atom stereocenters. The molecule has 1 N–H and O–H groups in total. The Labute approximate surface area is 89.2 Å². The molecule has 1 aliphatic rings. The van der Waals surface area contributed by atoms with E-state index in [1.54, 1.807) is 0 Å². The lowest BCUT2D eigenvalue weighted by atomic mass is 10.4. The van der Waals surface area contributed by atoms with Crippen LogP contribution >= 0.6 is 0 Å². The number of nitrogens with zero attached hydrogens (tertiary/aromatic N) is 2. The second-order valence-electron chi connectivity index (χ2n) is 3.71. The molecule has 1 aromatic rings. The van der Waals surface area contributed by atoms with Gasteiger partial charge in [-0.1, -0.05) is 5.16 Å². The minimum Gasteiger partial charge on any atom is -0.381 e. The lowest BCUT2D eigenvalue weighted by Gasteiger charge is -1.95. The van der Waals surface area contributed by atoms with E-state index in [2.05, 4.69) is 15.5 Å². The van der Waals surface area contributed by atoms with Crippen LogP contribution in [0, 0.1) is 0 Å². The second kappa shape index (κ2) is 5.23. The van der Waals surface area contributed by atoms with Gasteiger partial charge in [0.25, 0.3) is 0 Å². The molecule has 0 unspecified atom stereocenters. The van der Waals surface area contributed by atoms with Crippen molar-refractivity contribution >= 4 is 0 Å². The molecule has 0 spiro atoms. The lowest BCUT2D eigenvalue weighted by Crippen LogP contribution is -2.16. The van der Waals surface area contributed by atoms with Crippen LogP contribution in [0.15, 0.2) is 4.52 Å². The summed E-state index contributed by atoms with van der Waals surface area (Å²) in [6, 6.07) is 0.676. The highest BCUT2D eigenvalue weighted by Gasteiger charge is 2.20. The molecule has 1 saturated carbocycles. The topological polar surface area (TPSA) is 60.2 Å². The summed E-state index contributed by atoms with van der Waals surface area (Å²) in [4.78, 5) is 4.26. The first-order valence-electron chi connectivity index (χ1n) is 5.51. The van der Waals surface area contributed by atoms with E-state index >= 15 is 0 Å².